The summed E-state index contributed by atoms with van der Waals surface area (Å²) in [6.07, 6.45) is 8.45. The fourth-order valence-electron chi connectivity index (χ4n) is 4.07. The van der Waals surface area contributed by atoms with E-state index in [2.05, 4.69) is 16.8 Å². The van der Waals surface area contributed by atoms with E-state index in [1.165, 1.54) is 12.8 Å². The normalized spacial score (nSPS) is 25.8. The van der Waals surface area contributed by atoms with Gasteiger partial charge in [0.25, 0.3) is 0 Å². The Bertz CT molecular complexity index is 712. The van der Waals surface area contributed by atoms with Crippen molar-refractivity contribution in [3.8, 4) is 0 Å². The van der Waals surface area contributed by atoms with Crippen LogP contribution in [0.1, 0.15) is 51.1 Å². The number of nitrogens with zero attached hydrogens (tertiary/aromatic N) is 3. The van der Waals surface area contributed by atoms with Crippen molar-refractivity contribution in [1.29, 1.82) is 0 Å². The standard InChI is InChI=1S/C19H31N3O3S/c1-15-6-8-21(9-7-15)12-17-11-20-19(26(23,24)14-16-4-5-16)22(17)13-18-3-2-10-25-18/h11,15-16,18H,2-10,12-14H2,1H3/t18-/m0/s1. The van der Waals surface area contributed by atoms with Crippen LogP contribution in [-0.2, 0) is 27.7 Å². The minimum Gasteiger partial charge on any atom is -0.376 e. The first-order valence-corrected chi connectivity index (χ1v) is 11.8. The molecule has 4 rings (SSSR count). The molecule has 2 aliphatic heterocycles. The SMILES string of the molecule is CC1CCN(Cc2cnc(S(=O)(=O)CC3CC3)n2C[C@@H]2CCCO2)CC1. The van der Waals surface area contributed by atoms with Gasteiger partial charge in [0.1, 0.15) is 0 Å². The van der Waals surface area contributed by atoms with E-state index in [4.69, 9.17) is 4.74 Å². The third-order valence-corrected chi connectivity index (χ3v) is 7.80. The number of ether oxygens (including phenoxy) is 1. The molecule has 26 heavy (non-hydrogen) atoms. The van der Waals surface area contributed by atoms with E-state index < -0.39 is 9.84 Å². The third kappa shape index (κ3) is 4.31. The molecule has 1 saturated carbocycles. The monoisotopic (exact) mass is 381 g/mol. The highest BCUT2D eigenvalue weighted by atomic mass is 32.2. The average molecular weight is 382 g/mol. The molecule has 0 N–H and O–H groups in total. The van der Waals surface area contributed by atoms with Crippen molar-refractivity contribution in [3.05, 3.63) is 11.9 Å². The first kappa shape index (κ1) is 18.4. The van der Waals surface area contributed by atoms with Crippen molar-refractivity contribution < 1.29 is 13.2 Å². The van der Waals surface area contributed by atoms with Gasteiger partial charge >= 0.3 is 0 Å². The molecule has 3 fully saturated rings. The summed E-state index contributed by atoms with van der Waals surface area (Å²) in [6.45, 7) is 6.64. The Morgan fingerprint density at radius 3 is 2.62 bits per heavy atom. The summed E-state index contributed by atoms with van der Waals surface area (Å²) in [5.41, 5.74) is 1.02. The maximum Gasteiger partial charge on any atom is 0.227 e. The molecule has 0 amide bonds. The van der Waals surface area contributed by atoms with Crippen LogP contribution in [0.25, 0.3) is 0 Å². The van der Waals surface area contributed by atoms with E-state index in [9.17, 15) is 8.42 Å². The fraction of sp³-hybridized carbons (Fsp3) is 0.842. The van der Waals surface area contributed by atoms with E-state index in [1.807, 2.05) is 4.57 Å². The third-order valence-electron chi connectivity index (χ3n) is 6.00. The zero-order chi connectivity index (χ0) is 18.1. The number of imidazole rings is 1. The summed E-state index contributed by atoms with van der Waals surface area (Å²) in [6, 6.07) is 0. The predicted molar refractivity (Wildman–Crippen MR) is 99.7 cm³/mol. The molecule has 3 aliphatic rings. The number of rotatable bonds is 7. The predicted octanol–water partition coefficient (Wildman–Crippen LogP) is 2.48. The van der Waals surface area contributed by atoms with Gasteiger partial charge in [-0.2, -0.15) is 0 Å². The average Bonchev–Trinajstić information content (AvgIpc) is 3.08. The van der Waals surface area contributed by atoms with Gasteiger partial charge in [-0.1, -0.05) is 6.92 Å². The molecule has 0 bridgehead atoms. The summed E-state index contributed by atoms with van der Waals surface area (Å²) in [5, 5.41) is 0.264. The van der Waals surface area contributed by atoms with E-state index in [0.29, 0.717) is 12.5 Å². The number of likely N-dealkylation sites (tertiary alicyclic amines) is 1. The quantitative estimate of drug-likeness (QED) is 0.726. The lowest BCUT2D eigenvalue weighted by Gasteiger charge is -2.30. The lowest BCUT2D eigenvalue weighted by atomic mass is 9.99. The van der Waals surface area contributed by atoms with Crippen LogP contribution in [0.4, 0.5) is 0 Å². The summed E-state index contributed by atoms with van der Waals surface area (Å²) in [7, 11) is -3.32. The van der Waals surface area contributed by atoms with Gasteiger partial charge in [-0.05, 0) is 63.5 Å². The van der Waals surface area contributed by atoms with Gasteiger partial charge < -0.3 is 9.30 Å². The number of sulfone groups is 1. The number of hydrogen-bond acceptors (Lipinski definition) is 5. The van der Waals surface area contributed by atoms with Crippen molar-refractivity contribution in [2.75, 3.05) is 25.4 Å². The summed E-state index contributed by atoms with van der Waals surface area (Å²) in [4.78, 5) is 6.81. The Labute approximate surface area is 156 Å². The minimum absolute atomic E-state index is 0.110. The molecular formula is C19H31N3O3S. The summed E-state index contributed by atoms with van der Waals surface area (Å²) < 4.78 is 33.5. The molecule has 0 aromatic carbocycles. The van der Waals surface area contributed by atoms with Gasteiger partial charge in [0.2, 0.25) is 15.0 Å². The second-order valence-electron chi connectivity index (χ2n) is 8.46. The van der Waals surface area contributed by atoms with Gasteiger partial charge in [0, 0.05) is 13.2 Å². The molecular weight excluding hydrogens is 350 g/mol. The summed E-state index contributed by atoms with van der Waals surface area (Å²) >= 11 is 0. The van der Waals surface area contributed by atoms with Crippen molar-refractivity contribution >= 4 is 9.84 Å². The van der Waals surface area contributed by atoms with Gasteiger partial charge in [-0.15, -0.1) is 0 Å². The number of hydrogen-bond donors (Lipinski definition) is 0. The van der Waals surface area contributed by atoms with Crippen LogP contribution in [0.15, 0.2) is 11.4 Å². The van der Waals surface area contributed by atoms with Crippen molar-refractivity contribution in [2.24, 2.45) is 11.8 Å². The molecule has 1 aromatic rings. The first-order chi connectivity index (χ1) is 12.5. The fourth-order valence-corrected chi connectivity index (χ4v) is 5.92. The van der Waals surface area contributed by atoms with Gasteiger partial charge in [-0.3, -0.25) is 4.90 Å². The Balaban J connectivity index is 1.55. The zero-order valence-corrected chi connectivity index (χ0v) is 16.6. The highest BCUT2D eigenvalue weighted by molar-refractivity contribution is 7.91. The van der Waals surface area contributed by atoms with Crippen LogP contribution < -0.4 is 0 Å². The second kappa shape index (κ2) is 7.60. The highest BCUT2D eigenvalue weighted by Crippen LogP contribution is 2.32. The number of piperidine rings is 1. The lowest BCUT2D eigenvalue weighted by molar-refractivity contribution is 0.0927. The summed E-state index contributed by atoms with van der Waals surface area (Å²) in [5.74, 6) is 1.37. The van der Waals surface area contributed by atoms with Crippen molar-refractivity contribution in [1.82, 2.24) is 14.5 Å². The van der Waals surface area contributed by atoms with Crippen LogP contribution in [-0.4, -0.2) is 54.4 Å². The van der Waals surface area contributed by atoms with E-state index in [1.54, 1.807) is 6.20 Å². The second-order valence-corrected chi connectivity index (χ2v) is 10.4. The molecule has 7 heteroatoms. The molecule has 0 radical (unpaired) electrons. The van der Waals surface area contributed by atoms with Crippen LogP contribution in [0, 0.1) is 11.8 Å². The molecule has 1 aromatic heterocycles. The van der Waals surface area contributed by atoms with Gasteiger partial charge in [0.15, 0.2) is 0 Å². The van der Waals surface area contributed by atoms with Crippen molar-refractivity contribution in [2.45, 2.75) is 69.8 Å². The molecule has 1 atom stereocenters. The van der Waals surface area contributed by atoms with E-state index in [-0.39, 0.29) is 17.0 Å². The van der Waals surface area contributed by atoms with Gasteiger partial charge in [0.05, 0.1) is 30.3 Å². The first-order valence-electron chi connectivity index (χ1n) is 10.1. The maximum absolute atomic E-state index is 12.9. The molecule has 0 spiro atoms. The molecule has 146 valence electrons. The smallest absolute Gasteiger partial charge is 0.227 e. The zero-order valence-electron chi connectivity index (χ0n) is 15.8. The van der Waals surface area contributed by atoms with Crippen LogP contribution in [0.3, 0.4) is 0 Å². The van der Waals surface area contributed by atoms with E-state index >= 15 is 0 Å². The minimum atomic E-state index is -3.32. The lowest BCUT2D eigenvalue weighted by Crippen LogP contribution is -2.33. The molecule has 2 saturated heterocycles. The van der Waals surface area contributed by atoms with Crippen LogP contribution >= 0.6 is 0 Å². The Morgan fingerprint density at radius 2 is 1.96 bits per heavy atom. The van der Waals surface area contributed by atoms with E-state index in [0.717, 1.165) is 63.5 Å². The Kier molecular flexibility index (Phi) is 5.39. The highest BCUT2D eigenvalue weighted by Gasteiger charge is 2.33. The largest absolute Gasteiger partial charge is 0.376 e. The molecule has 6 nitrogen and oxygen atoms in total. The Hall–Kier alpha value is -0.920. The molecule has 0 unspecified atom stereocenters. The van der Waals surface area contributed by atoms with Gasteiger partial charge in [-0.25, -0.2) is 13.4 Å². The molecule has 3 heterocycles. The van der Waals surface area contributed by atoms with Crippen molar-refractivity contribution in [3.63, 3.8) is 0 Å². The Morgan fingerprint density at radius 1 is 1.19 bits per heavy atom. The number of aromatic nitrogens is 2. The van der Waals surface area contributed by atoms with Crippen LogP contribution in [0.2, 0.25) is 0 Å². The topological polar surface area (TPSA) is 64.4 Å². The molecule has 1 aliphatic carbocycles. The maximum atomic E-state index is 12.9. The van der Waals surface area contributed by atoms with Crippen LogP contribution in [0.5, 0.6) is 0 Å².